The molecule has 0 saturated carbocycles. The summed E-state index contributed by atoms with van der Waals surface area (Å²) in [5.41, 5.74) is 0.894. The SMILES string of the molecule is O=[N+]([O-])c1ccc(CCn2ccnc2[N+](=O)[O-])cc1. The molecule has 0 N–H and O–H groups in total. The second kappa shape index (κ2) is 5.25. The number of nitrogens with zero attached hydrogens (tertiary/aromatic N) is 4. The maximum Gasteiger partial charge on any atom is 0.434 e. The fourth-order valence-corrected chi connectivity index (χ4v) is 1.68. The van der Waals surface area contributed by atoms with E-state index in [0.29, 0.717) is 13.0 Å². The summed E-state index contributed by atoms with van der Waals surface area (Å²) >= 11 is 0. The number of hydrogen-bond donors (Lipinski definition) is 0. The van der Waals surface area contributed by atoms with E-state index >= 15 is 0 Å². The molecule has 2 aromatic rings. The molecule has 0 fully saturated rings. The van der Waals surface area contributed by atoms with Crippen LogP contribution >= 0.6 is 0 Å². The molecular weight excluding hydrogens is 252 g/mol. The highest BCUT2D eigenvalue weighted by molar-refractivity contribution is 5.32. The molecule has 0 atom stereocenters. The lowest BCUT2D eigenvalue weighted by Gasteiger charge is -2.02. The Hall–Kier alpha value is -2.77. The summed E-state index contributed by atoms with van der Waals surface area (Å²) in [6, 6.07) is 6.11. The maximum absolute atomic E-state index is 10.7. The molecule has 8 nitrogen and oxygen atoms in total. The van der Waals surface area contributed by atoms with Crippen molar-refractivity contribution in [3.05, 3.63) is 62.5 Å². The van der Waals surface area contributed by atoms with Crippen molar-refractivity contribution in [1.82, 2.24) is 9.55 Å². The summed E-state index contributed by atoms with van der Waals surface area (Å²) in [4.78, 5) is 23.8. The molecule has 0 saturated heterocycles. The van der Waals surface area contributed by atoms with Crippen LogP contribution in [-0.4, -0.2) is 19.4 Å². The van der Waals surface area contributed by atoms with Gasteiger partial charge in [-0.1, -0.05) is 17.1 Å². The molecule has 0 amide bonds. The summed E-state index contributed by atoms with van der Waals surface area (Å²) in [5, 5.41) is 21.2. The van der Waals surface area contributed by atoms with E-state index in [1.807, 2.05) is 0 Å². The first-order valence-corrected chi connectivity index (χ1v) is 5.47. The Balaban J connectivity index is 2.04. The summed E-state index contributed by atoms with van der Waals surface area (Å²) in [5.74, 6) is -0.207. The third-order valence-corrected chi connectivity index (χ3v) is 2.65. The van der Waals surface area contributed by atoms with Gasteiger partial charge in [0.15, 0.2) is 0 Å². The van der Waals surface area contributed by atoms with Crippen LogP contribution in [-0.2, 0) is 13.0 Å². The van der Waals surface area contributed by atoms with Crippen molar-refractivity contribution in [3.8, 4) is 0 Å². The van der Waals surface area contributed by atoms with Crippen molar-refractivity contribution in [2.75, 3.05) is 0 Å². The van der Waals surface area contributed by atoms with Crippen molar-refractivity contribution in [1.29, 1.82) is 0 Å². The molecule has 0 aliphatic carbocycles. The van der Waals surface area contributed by atoms with Gasteiger partial charge in [0.25, 0.3) is 5.69 Å². The van der Waals surface area contributed by atoms with E-state index in [0.717, 1.165) is 5.56 Å². The summed E-state index contributed by atoms with van der Waals surface area (Å²) < 4.78 is 1.43. The molecule has 0 spiro atoms. The Kier molecular flexibility index (Phi) is 3.51. The molecule has 1 heterocycles. The normalized spacial score (nSPS) is 10.3. The van der Waals surface area contributed by atoms with Crippen molar-refractivity contribution < 1.29 is 9.85 Å². The smallest absolute Gasteiger partial charge is 0.390 e. The molecule has 8 heteroatoms. The van der Waals surface area contributed by atoms with Gasteiger partial charge in [0.05, 0.1) is 11.5 Å². The second-order valence-corrected chi connectivity index (χ2v) is 3.85. The van der Waals surface area contributed by atoms with E-state index in [9.17, 15) is 20.2 Å². The average molecular weight is 262 g/mol. The highest BCUT2D eigenvalue weighted by Crippen LogP contribution is 2.14. The summed E-state index contributed by atoms with van der Waals surface area (Å²) in [6.45, 7) is 0.397. The van der Waals surface area contributed by atoms with Crippen LogP contribution in [0.15, 0.2) is 36.7 Å². The van der Waals surface area contributed by atoms with Crippen LogP contribution in [0.3, 0.4) is 0 Å². The average Bonchev–Trinajstić information content (AvgIpc) is 2.85. The largest absolute Gasteiger partial charge is 0.434 e. The Morgan fingerprint density at radius 1 is 1.11 bits per heavy atom. The number of aromatic nitrogens is 2. The minimum Gasteiger partial charge on any atom is -0.390 e. The van der Waals surface area contributed by atoms with E-state index in [-0.39, 0.29) is 11.6 Å². The topological polar surface area (TPSA) is 104 Å². The van der Waals surface area contributed by atoms with Crippen LogP contribution in [0.25, 0.3) is 0 Å². The molecule has 19 heavy (non-hydrogen) atoms. The van der Waals surface area contributed by atoms with Crippen molar-refractivity contribution in [2.45, 2.75) is 13.0 Å². The van der Waals surface area contributed by atoms with Crippen molar-refractivity contribution in [2.24, 2.45) is 0 Å². The molecule has 1 aromatic heterocycles. The van der Waals surface area contributed by atoms with Gasteiger partial charge in [0.2, 0.25) is 0 Å². The summed E-state index contributed by atoms with van der Waals surface area (Å²) in [6.07, 6.45) is 3.44. The zero-order valence-electron chi connectivity index (χ0n) is 9.80. The van der Waals surface area contributed by atoms with Gasteiger partial charge in [0.1, 0.15) is 12.4 Å². The lowest BCUT2D eigenvalue weighted by molar-refractivity contribution is -0.396. The minimum absolute atomic E-state index is 0.0253. The number of rotatable bonds is 5. The Morgan fingerprint density at radius 2 is 1.79 bits per heavy atom. The van der Waals surface area contributed by atoms with Gasteiger partial charge in [-0.3, -0.25) is 10.1 Å². The number of nitro benzene ring substituents is 1. The van der Waals surface area contributed by atoms with Gasteiger partial charge in [-0.2, -0.15) is 0 Å². The minimum atomic E-state index is -0.546. The summed E-state index contributed by atoms with van der Waals surface area (Å²) in [7, 11) is 0. The molecular formula is C11H10N4O4. The molecule has 0 unspecified atom stereocenters. The van der Waals surface area contributed by atoms with Crippen LogP contribution in [0.5, 0.6) is 0 Å². The fraction of sp³-hybridized carbons (Fsp3) is 0.182. The predicted octanol–water partition coefficient (Wildman–Crippen LogP) is 1.94. The maximum atomic E-state index is 10.7. The van der Waals surface area contributed by atoms with Crippen molar-refractivity contribution in [3.63, 3.8) is 0 Å². The van der Waals surface area contributed by atoms with Crippen LogP contribution in [0.2, 0.25) is 0 Å². The van der Waals surface area contributed by atoms with Crippen LogP contribution < -0.4 is 0 Å². The second-order valence-electron chi connectivity index (χ2n) is 3.85. The van der Waals surface area contributed by atoms with E-state index < -0.39 is 9.85 Å². The first-order chi connectivity index (χ1) is 9.08. The predicted molar refractivity (Wildman–Crippen MR) is 65.7 cm³/mol. The molecule has 0 aliphatic rings. The highest BCUT2D eigenvalue weighted by Gasteiger charge is 2.13. The molecule has 98 valence electrons. The van der Waals surface area contributed by atoms with Gasteiger partial charge in [0, 0.05) is 18.6 Å². The first-order valence-electron chi connectivity index (χ1n) is 5.47. The van der Waals surface area contributed by atoms with Gasteiger partial charge < -0.3 is 10.1 Å². The third kappa shape index (κ3) is 2.92. The van der Waals surface area contributed by atoms with Crippen LogP contribution in [0.1, 0.15) is 5.56 Å². The monoisotopic (exact) mass is 262 g/mol. The molecule has 0 bridgehead atoms. The van der Waals surface area contributed by atoms with Crippen LogP contribution in [0.4, 0.5) is 11.6 Å². The van der Waals surface area contributed by atoms with E-state index in [4.69, 9.17) is 0 Å². The zero-order valence-corrected chi connectivity index (χ0v) is 9.80. The van der Waals surface area contributed by atoms with Crippen LogP contribution in [0, 0.1) is 20.2 Å². The number of imidazole rings is 1. The number of nitro groups is 2. The molecule has 0 radical (unpaired) electrons. The Bertz CT molecular complexity index is 605. The van der Waals surface area contributed by atoms with Gasteiger partial charge in [-0.15, -0.1) is 0 Å². The zero-order chi connectivity index (χ0) is 13.8. The van der Waals surface area contributed by atoms with E-state index in [2.05, 4.69) is 4.98 Å². The highest BCUT2D eigenvalue weighted by atomic mass is 16.6. The van der Waals surface area contributed by atoms with Gasteiger partial charge >= 0.3 is 5.95 Å². The standard InChI is InChI=1S/C11H10N4O4/c16-14(17)10-3-1-9(2-4-10)5-7-13-8-6-12-11(13)15(18)19/h1-4,6,8H,5,7H2. The Labute approximate surface area is 107 Å². The van der Waals surface area contributed by atoms with Gasteiger partial charge in [-0.25, -0.2) is 4.57 Å². The quantitative estimate of drug-likeness (QED) is 0.604. The van der Waals surface area contributed by atoms with Crippen molar-refractivity contribution >= 4 is 11.6 Å². The number of hydrogen-bond acceptors (Lipinski definition) is 5. The lowest BCUT2D eigenvalue weighted by atomic mass is 10.1. The number of non-ortho nitro benzene ring substituents is 1. The number of aryl methyl sites for hydroxylation is 2. The molecule has 0 aliphatic heterocycles. The molecule has 1 aromatic carbocycles. The Morgan fingerprint density at radius 3 is 2.37 bits per heavy atom. The fourth-order valence-electron chi connectivity index (χ4n) is 1.68. The van der Waals surface area contributed by atoms with Gasteiger partial charge in [-0.05, 0) is 10.5 Å². The lowest BCUT2D eigenvalue weighted by Crippen LogP contribution is -2.05. The third-order valence-electron chi connectivity index (χ3n) is 2.65. The number of benzene rings is 1. The van der Waals surface area contributed by atoms with E-state index in [1.165, 1.54) is 29.1 Å². The first kappa shape index (κ1) is 12.7. The molecule has 2 rings (SSSR count). The van der Waals surface area contributed by atoms with E-state index in [1.54, 1.807) is 12.1 Å².